The number of nitrogens with zero attached hydrogens (tertiary/aromatic N) is 1. The summed E-state index contributed by atoms with van der Waals surface area (Å²) >= 11 is 0. The molecular weight excluding hydrogens is 240 g/mol. The predicted molar refractivity (Wildman–Crippen MR) is 73.4 cm³/mol. The molecule has 4 heteroatoms. The van der Waals surface area contributed by atoms with Crippen molar-refractivity contribution >= 4 is 5.78 Å². The van der Waals surface area contributed by atoms with E-state index in [4.69, 9.17) is 10.5 Å². The second-order valence-electron chi connectivity index (χ2n) is 4.14. The minimum atomic E-state index is -0.0598. The predicted octanol–water partition coefficient (Wildman–Crippen LogP) is 1.82. The Hall–Kier alpha value is -2.20. The summed E-state index contributed by atoms with van der Waals surface area (Å²) in [6.45, 7) is 0.515. The molecule has 0 aliphatic carbocycles. The van der Waals surface area contributed by atoms with Crippen LogP contribution in [0.5, 0.6) is 5.75 Å². The van der Waals surface area contributed by atoms with Gasteiger partial charge in [-0.3, -0.25) is 9.78 Å². The lowest BCUT2D eigenvalue weighted by atomic mass is 9.97. The summed E-state index contributed by atoms with van der Waals surface area (Å²) in [7, 11) is 1.55. The summed E-state index contributed by atoms with van der Waals surface area (Å²) in [5.41, 5.74) is 7.71. The van der Waals surface area contributed by atoms with Crippen LogP contribution in [0.2, 0.25) is 0 Å². The van der Waals surface area contributed by atoms with Crippen molar-refractivity contribution in [2.24, 2.45) is 5.73 Å². The molecule has 0 aliphatic rings. The Morgan fingerprint density at radius 2 is 2.11 bits per heavy atom. The Balaban J connectivity index is 2.38. The van der Waals surface area contributed by atoms with Gasteiger partial charge in [-0.05, 0) is 24.6 Å². The second-order valence-corrected chi connectivity index (χ2v) is 4.14. The number of benzene rings is 1. The SMILES string of the molecule is COc1cncc(C(=O)c2ccccc2CCN)c1. The average Bonchev–Trinajstić information content (AvgIpc) is 2.47. The number of carbonyl (C=O) groups excluding carboxylic acids is 1. The number of nitrogens with two attached hydrogens (primary N) is 1. The molecule has 2 N–H and O–H groups in total. The van der Waals surface area contributed by atoms with Gasteiger partial charge in [-0.1, -0.05) is 24.3 Å². The number of aromatic nitrogens is 1. The van der Waals surface area contributed by atoms with Gasteiger partial charge in [0.05, 0.1) is 13.3 Å². The number of ether oxygens (including phenoxy) is 1. The maximum atomic E-state index is 12.5. The van der Waals surface area contributed by atoms with Crippen molar-refractivity contribution in [1.82, 2.24) is 4.98 Å². The first-order valence-corrected chi connectivity index (χ1v) is 6.08. The molecule has 2 rings (SSSR count). The molecule has 0 saturated carbocycles. The largest absolute Gasteiger partial charge is 0.495 e. The van der Waals surface area contributed by atoms with Gasteiger partial charge in [-0.15, -0.1) is 0 Å². The van der Waals surface area contributed by atoms with E-state index in [9.17, 15) is 4.79 Å². The number of methoxy groups -OCH3 is 1. The lowest BCUT2D eigenvalue weighted by molar-refractivity contribution is 0.103. The molecule has 4 nitrogen and oxygen atoms in total. The van der Waals surface area contributed by atoms with Gasteiger partial charge < -0.3 is 10.5 Å². The standard InChI is InChI=1S/C15H16N2O2/c1-19-13-8-12(9-17-10-13)15(18)14-5-3-2-4-11(14)6-7-16/h2-5,8-10H,6-7,16H2,1H3. The Morgan fingerprint density at radius 3 is 2.84 bits per heavy atom. The molecule has 1 aromatic carbocycles. The van der Waals surface area contributed by atoms with Gasteiger partial charge in [0.2, 0.25) is 0 Å². The highest BCUT2D eigenvalue weighted by Gasteiger charge is 2.13. The molecule has 2 aromatic rings. The van der Waals surface area contributed by atoms with Crippen molar-refractivity contribution in [3.8, 4) is 5.75 Å². The monoisotopic (exact) mass is 256 g/mol. The first-order valence-electron chi connectivity index (χ1n) is 6.08. The molecule has 98 valence electrons. The molecule has 0 bridgehead atoms. The number of pyridine rings is 1. The van der Waals surface area contributed by atoms with Crippen molar-refractivity contribution in [1.29, 1.82) is 0 Å². The smallest absolute Gasteiger partial charge is 0.194 e. The average molecular weight is 256 g/mol. The molecule has 0 atom stereocenters. The Morgan fingerprint density at radius 1 is 1.32 bits per heavy atom. The van der Waals surface area contributed by atoms with E-state index in [0.717, 1.165) is 5.56 Å². The van der Waals surface area contributed by atoms with Gasteiger partial charge in [0.25, 0.3) is 0 Å². The Bertz CT molecular complexity index is 582. The van der Waals surface area contributed by atoms with E-state index in [2.05, 4.69) is 4.98 Å². The number of hydrogen-bond donors (Lipinski definition) is 1. The van der Waals surface area contributed by atoms with Crippen LogP contribution in [0, 0.1) is 0 Å². The lowest BCUT2D eigenvalue weighted by Crippen LogP contribution is -2.10. The molecule has 0 fully saturated rings. The summed E-state index contributed by atoms with van der Waals surface area (Å²) in [6, 6.07) is 9.18. The zero-order valence-corrected chi connectivity index (χ0v) is 10.8. The fourth-order valence-electron chi connectivity index (χ4n) is 1.93. The van der Waals surface area contributed by atoms with Crippen LogP contribution in [0.1, 0.15) is 21.5 Å². The van der Waals surface area contributed by atoms with Crippen molar-refractivity contribution in [2.75, 3.05) is 13.7 Å². The van der Waals surface area contributed by atoms with Crippen molar-refractivity contribution in [2.45, 2.75) is 6.42 Å². The Kier molecular flexibility index (Phi) is 4.26. The van der Waals surface area contributed by atoms with Crippen molar-refractivity contribution in [3.05, 3.63) is 59.4 Å². The number of hydrogen-bond acceptors (Lipinski definition) is 4. The minimum absolute atomic E-state index is 0.0598. The number of carbonyl (C=O) groups is 1. The molecule has 0 saturated heterocycles. The number of rotatable bonds is 5. The van der Waals surface area contributed by atoms with E-state index in [1.54, 1.807) is 25.6 Å². The third-order valence-electron chi connectivity index (χ3n) is 2.89. The molecule has 0 radical (unpaired) electrons. The molecule has 0 spiro atoms. The van der Waals surface area contributed by atoms with E-state index < -0.39 is 0 Å². The fraction of sp³-hybridized carbons (Fsp3) is 0.200. The van der Waals surface area contributed by atoms with Gasteiger partial charge >= 0.3 is 0 Å². The van der Waals surface area contributed by atoms with Crippen molar-refractivity contribution in [3.63, 3.8) is 0 Å². The quantitative estimate of drug-likeness (QED) is 0.829. The summed E-state index contributed by atoms with van der Waals surface area (Å²) in [5, 5.41) is 0. The van der Waals surface area contributed by atoms with E-state index in [0.29, 0.717) is 29.8 Å². The third kappa shape index (κ3) is 2.98. The van der Waals surface area contributed by atoms with Gasteiger partial charge in [0.15, 0.2) is 5.78 Å². The summed E-state index contributed by atoms with van der Waals surface area (Å²) in [4.78, 5) is 16.5. The van der Waals surface area contributed by atoms with Gasteiger partial charge in [-0.25, -0.2) is 0 Å². The topological polar surface area (TPSA) is 65.2 Å². The normalized spacial score (nSPS) is 10.2. The van der Waals surface area contributed by atoms with Crippen LogP contribution in [0.15, 0.2) is 42.7 Å². The van der Waals surface area contributed by atoms with Crippen LogP contribution in [-0.4, -0.2) is 24.4 Å². The van der Waals surface area contributed by atoms with Crippen LogP contribution in [-0.2, 0) is 6.42 Å². The Labute approximate surface area is 112 Å². The first kappa shape index (κ1) is 13.2. The van der Waals surface area contributed by atoms with E-state index in [1.807, 2.05) is 24.3 Å². The van der Waals surface area contributed by atoms with Crippen LogP contribution in [0.4, 0.5) is 0 Å². The highest BCUT2D eigenvalue weighted by molar-refractivity contribution is 6.09. The lowest BCUT2D eigenvalue weighted by Gasteiger charge is -2.08. The highest BCUT2D eigenvalue weighted by Crippen LogP contribution is 2.17. The van der Waals surface area contributed by atoms with Gasteiger partial charge in [0, 0.05) is 17.3 Å². The van der Waals surface area contributed by atoms with Crippen LogP contribution >= 0.6 is 0 Å². The summed E-state index contributed by atoms with van der Waals surface area (Å²) in [5.74, 6) is 0.512. The van der Waals surface area contributed by atoms with E-state index >= 15 is 0 Å². The maximum absolute atomic E-state index is 12.5. The highest BCUT2D eigenvalue weighted by atomic mass is 16.5. The fourth-order valence-corrected chi connectivity index (χ4v) is 1.93. The second kappa shape index (κ2) is 6.11. The molecule has 0 unspecified atom stereocenters. The molecule has 19 heavy (non-hydrogen) atoms. The zero-order valence-electron chi connectivity index (χ0n) is 10.8. The molecular formula is C15H16N2O2. The van der Waals surface area contributed by atoms with Crippen molar-refractivity contribution < 1.29 is 9.53 Å². The first-order chi connectivity index (χ1) is 9.26. The molecule has 1 aromatic heterocycles. The summed E-state index contributed by atoms with van der Waals surface area (Å²) in [6.07, 6.45) is 3.80. The minimum Gasteiger partial charge on any atom is -0.495 e. The number of ketones is 1. The molecule has 1 heterocycles. The van der Waals surface area contributed by atoms with E-state index in [-0.39, 0.29) is 5.78 Å². The van der Waals surface area contributed by atoms with Gasteiger partial charge in [-0.2, -0.15) is 0 Å². The third-order valence-corrected chi connectivity index (χ3v) is 2.89. The van der Waals surface area contributed by atoms with Crippen LogP contribution < -0.4 is 10.5 Å². The zero-order chi connectivity index (χ0) is 13.7. The van der Waals surface area contributed by atoms with Gasteiger partial charge in [0.1, 0.15) is 5.75 Å². The maximum Gasteiger partial charge on any atom is 0.194 e. The van der Waals surface area contributed by atoms with Crippen LogP contribution in [0.25, 0.3) is 0 Å². The molecule has 0 aliphatic heterocycles. The van der Waals surface area contributed by atoms with Crippen LogP contribution in [0.3, 0.4) is 0 Å². The van der Waals surface area contributed by atoms with E-state index in [1.165, 1.54) is 0 Å². The molecule has 0 amide bonds. The summed E-state index contributed by atoms with van der Waals surface area (Å²) < 4.78 is 5.08.